The molecule has 0 fully saturated rings. The summed E-state index contributed by atoms with van der Waals surface area (Å²) < 4.78 is 0. The van der Waals surface area contributed by atoms with E-state index in [4.69, 9.17) is 0 Å². The van der Waals surface area contributed by atoms with Crippen LogP contribution in [0.2, 0.25) is 0 Å². The second-order valence-electron chi connectivity index (χ2n) is 7.12. The fourth-order valence-electron chi connectivity index (χ4n) is 2.40. The molecule has 1 rings (SSSR count). The van der Waals surface area contributed by atoms with Crippen LogP contribution in [0.5, 0.6) is 0 Å². The van der Waals surface area contributed by atoms with E-state index in [0.29, 0.717) is 10.8 Å². The van der Waals surface area contributed by atoms with Gasteiger partial charge in [-0.2, -0.15) is 0 Å². The quantitative estimate of drug-likeness (QED) is 0.588. The van der Waals surface area contributed by atoms with Crippen LogP contribution >= 0.6 is 0 Å². The zero-order valence-corrected chi connectivity index (χ0v) is 13.1. The highest BCUT2D eigenvalue weighted by Gasteiger charge is 2.22. The summed E-state index contributed by atoms with van der Waals surface area (Å²) in [5.41, 5.74) is 3.66. The molecule has 0 atom stereocenters. The van der Waals surface area contributed by atoms with Gasteiger partial charge >= 0.3 is 0 Å². The molecule has 0 unspecified atom stereocenters. The second kappa shape index (κ2) is 5.91. The van der Waals surface area contributed by atoms with Gasteiger partial charge in [-0.1, -0.05) is 77.3 Å². The van der Waals surface area contributed by atoms with Crippen molar-refractivity contribution in [2.24, 2.45) is 5.41 Å². The van der Waals surface area contributed by atoms with Crippen LogP contribution < -0.4 is 0 Å². The molecule has 0 aliphatic carbocycles. The van der Waals surface area contributed by atoms with E-state index < -0.39 is 0 Å². The Labute approximate surface area is 114 Å². The van der Waals surface area contributed by atoms with Crippen molar-refractivity contribution in [1.29, 1.82) is 0 Å². The molecule has 18 heavy (non-hydrogen) atoms. The van der Waals surface area contributed by atoms with E-state index in [2.05, 4.69) is 65.8 Å². The van der Waals surface area contributed by atoms with E-state index in [0.717, 1.165) is 0 Å². The Balaban J connectivity index is 2.60. The van der Waals surface area contributed by atoms with Gasteiger partial charge in [0.1, 0.15) is 0 Å². The van der Waals surface area contributed by atoms with E-state index in [9.17, 15) is 0 Å². The third-order valence-electron chi connectivity index (χ3n) is 4.41. The molecule has 0 bridgehead atoms. The van der Waals surface area contributed by atoms with Gasteiger partial charge in [-0.15, -0.1) is 0 Å². The Kier molecular flexibility index (Phi) is 5.01. The van der Waals surface area contributed by atoms with Crippen LogP contribution in [0, 0.1) is 12.3 Å². The van der Waals surface area contributed by atoms with E-state index in [-0.39, 0.29) is 0 Å². The third kappa shape index (κ3) is 4.48. The molecule has 0 saturated heterocycles. The standard InChI is InChI=1S/C18H30/c1-7-17(3,4)12-9-13-18(5,6)16-11-8-10-15(2)14-16/h8,10-11,14H,7,9,12-13H2,1-6H3. The van der Waals surface area contributed by atoms with Crippen molar-refractivity contribution in [3.8, 4) is 0 Å². The van der Waals surface area contributed by atoms with Crippen molar-refractivity contribution in [2.45, 2.75) is 72.6 Å². The maximum atomic E-state index is 2.38. The highest BCUT2D eigenvalue weighted by atomic mass is 14.3. The van der Waals surface area contributed by atoms with Gasteiger partial charge in [-0.05, 0) is 36.2 Å². The summed E-state index contributed by atoms with van der Waals surface area (Å²) in [5, 5.41) is 0. The zero-order chi connectivity index (χ0) is 13.8. The third-order valence-corrected chi connectivity index (χ3v) is 4.41. The summed E-state index contributed by atoms with van der Waals surface area (Å²) >= 11 is 0. The van der Waals surface area contributed by atoms with Crippen molar-refractivity contribution in [2.75, 3.05) is 0 Å². The monoisotopic (exact) mass is 246 g/mol. The summed E-state index contributed by atoms with van der Waals surface area (Å²) in [6, 6.07) is 8.98. The summed E-state index contributed by atoms with van der Waals surface area (Å²) in [6.45, 7) is 14.0. The van der Waals surface area contributed by atoms with Crippen molar-refractivity contribution in [1.82, 2.24) is 0 Å². The van der Waals surface area contributed by atoms with Crippen LogP contribution in [0.4, 0.5) is 0 Å². The number of benzene rings is 1. The number of hydrogen-bond acceptors (Lipinski definition) is 0. The normalized spacial score (nSPS) is 12.8. The highest BCUT2D eigenvalue weighted by Crippen LogP contribution is 2.33. The lowest BCUT2D eigenvalue weighted by atomic mass is 9.76. The van der Waals surface area contributed by atoms with Crippen molar-refractivity contribution in [3.63, 3.8) is 0 Å². The van der Waals surface area contributed by atoms with Gasteiger partial charge in [0, 0.05) is 0 Å². The molecule has 0 spiro atoms. The second-order valence-corrected chi connectivity index (χ2v) is 7.12. The first-order valence-corrected chi connectivity index (χ1v) is 7.34. The van der Waals surface area contributed by atoms with Crippen LogP contribution in [0.3, 0.4) is 0 Å². The van der Waals surface area contributed by atoms with Gasteiger partial charge in [0.25, 0.3) is 0 Å². The molecular formula is C18H30. The van der Waals surface area contributed by atoms with Crippen LogP contribution in [0.15, 0.2) is 24.3 Å². The van der Waals surface area contributed by atoms with Crippen LogP contribution in [0.25, 0.3) is 0 Å². The maximum Gasteiger partial charge on any atom is -0.0103 e. The Hall–Kier alpha value is -0.780. The molecule has 0 nitrogen and oxygen atoms in total. The minimum atomic E-state index is 0.301. The lowest BCUT2D eigenvalue weighted by molar-refractivity contribution is 0.293. The fraction of sp³-hybridized carbons (Fsp3) is 0.667. The van der Waals surface area contributed by atoms with Crippen LogP contribution in [-0.2, 0) is 5.41 Å². The predicted octanol–water partition coefficient (Wildman–Crippen LogP) is 5.88. The van der Waals surface area contributed by atoms with Gasteiger partial charge in [-0.3, -0.25) is 0 Å². The highest BCUT2D eigenvalue weighted by molar-refractivity contribution is 5.28. The summed E-state index contributed by atoms with van der Waals surface area (Å²) in [4.78, 5) is 0. The summed E-state index contributed by atoms with van der Waals surface area (Å²) in [6.07, 6.45) is 5.21. The minimum Gasteiger partial charge on any atom is -0.0649 e. The van der Waals surface area contributed by atoms with E-state index in [1.54, 1.807) is 0 Å². The molecule has 0 saturated carbocycles. The molecule has 0 N–H and O–H groups in total. The molecule has 1 aromatic rings. The molecule has 0 aliphatic rings. The van der Waals surface area contributed by atoms with Gasteiger partial charge in [0.2, 0.25) is 0 Å². The molecule has 0 aliphatic heterocycles. The zero-order valence-electron chi connectivity index (χ0n) is 13.1. The molecule has 0 aromatic heterocycles. The topological polar surface area (TPSA) is 0 Å². The van der Waals surface area contributed by atoms with E-state index in [1.165, 1.54) is 36.8 Å². The molecular weight excluding hydrogens is 216 g/mol. The summed E-state index contributed by atoms with van der Waals surface area (Å²) in [5.74, 6) is 0. The largest absolute Gasteiger partial charge is 0.0649 e. The molecule has 0 amide bonds. The fourth-order valence-corrected chi connectivity index (χ4v) is 2.40. The molecule has 0 heterocycles. The molecule has 1 aromatic carbocycles. The van der Waals surface area contributed by atoms with Crippen molar-refractivity contribution < 1.29 is 0 Å². The molecule has 0 radical (unpaired) electrons. The maximum absolute atomic E-state index is 2.38. The Morgan fingerprint density at radius 2 is 1.67 bits per heavy atom. The molecule has 102 valence electrons. The van der Waals surface area contributed by atoms with Gasteiger partial charge in [0.05, 0.1) is 0 Å². The number of hydrogen-bond donors (Lipinski definition) is 0. The lowest BCUT2D eigenvalue weighted by Crippen LogP contribution is -2.19. The average Bonchev–Trinajstić information content (AvgIpc) is 2.28. The number of aryl methyl sites for hydroxylation is 1. The smallest absolute Gasteiger partial charge is 0.0103 e. The first kappa shape index (κ1) is 15.3. The lowest BCUT2D eigenvalue weighted by Gasteiger charge is -2.29. The van der Waals surface area contributed by atoms with Crippen LogP contribution in [-0.4, -0.2) is 0 Å². The first-order valence-electron chi connectivity index (χ1n) is 7.34. The Morgan fingerprint density at radius 3 is 2.22 bits per heavy atom. The Morgan fingerprint density at radius 1 is 1.00 bits per heavy atom. The first-order chi connectivity index (χ1) is 8.27. The minimum absolute atomic E-state index is 0.301. The predicted molar refractivity (Wildman–Crippen MR) is 82.1 cm³/mol. The average molecular weight is 246 g/mol. The van der Waals surface area contributed by atoms with Crippen molar-refractivity contribution >= 4 is 0 Å². The van der Waals surface area contributed by atoms with E-state index >= 15 is 0 Å². The van der Waals surface area contributed by atoms with Crippen molar-refractivity contribution in [3.05, 3.63) is 35.4 Å². The van der Waals surface area contributed by atoms with Crippen LogP contribution in [0.1, 0.15) is 71.4 Å². The number of rotatable bonds is 6. The summed E-state index contributed by atoms with van der Waals surface area (Å²) in [7, 11) is 0. The SMILES string of the molecule is CCC(C)(C)CCCC(C)(C)c1cccc(C)c1. The molecule has 0 heteroatoms. The van der Waals surface area contributed by atoms with Gasteiger partial charge in [0.15, 0.2) is 0 Å². The Bertz CT molecular complexity index is 371. The van der Waals surface area contributed by atoms with Gasteiger partial charge < -0.3 is 0 Å². The van der Waals surface area contributed by atoms with E-state index in [1.807, 2.05) is 0 Å². The van der Waals surface area contributed by atoms with Gasteiger partial charge in [-0.25, -0.2) is 0 Å².